The smallest absolute Gasteiger partial charge is 0.281 e. The molecule has 196 valence electrons. The molecule has 0 radical (unpaired) electrons. The Hall–Kier alpha value is -2.90. The Morgan fingerprint density at radius 2 is 1.58 bits per heavy atom. The van der Waals surface area contributed by atoms with Crippen molar-refractivity contribution in [1.82, 2.24) is 15.5 Å². The molecule has 2 aromatic rings. The van der Waals surface area contributed by atoms with Crippen molar-refractivity contribution in [2.45, 2.75) is 58.7 Å². The first kappa shape index (κ1) is 29.3. The summed E-state index contributed by atoms with van der Waals surface area (Å²) in [7, 11) is 0. The van der Waals surface area contributed by atoms with E-state index >= 15 is 0 Å². The highest BCUT2D eigenvalue weighted by Crippen LogP contribution is 2.19. The molecule has 0 aliphatic carbocycles. The van der Waals surface area contributed by atoms with E-state index in [0.717, 1.165) is 11.1 Å². The Balaban J connectivity index is 0.00000456. The first-order valence-corrected chi connectivity index (χ1v) is 12.5. The van der Waals surface area contributed by atoms with E-state index < -0.39 is 6.04 Å². The van der Waals surface area contributed by atoms with E-state index in [0.29, 0.717) is 38.9 Å². The first-order valence-electron chi connectivity index (χ1n) is 12.5. The minimum Gasteiger partial charge on any atom is -1.00 e. The van der Waals surface area contributed by atoms with Crippen LogP contribution >= 0.6 is 0 Å². The molecule has 1 fully saturated rings. The zero-order valence-electron chi connectivity index (χ0n) is 21.5. The van der Waals surface area contributed by atoms with E-state index in [4.69, 9.17) is 0 Å². The Morgan fingerprint density at radius 1 is 0.972 bits per heavy atom. The van der Waals surface area contributed by atoms with E-state index in [-0.39, 0.29) is 48.0 Å². The van der Waals surface area contributed by atoms with E-state index in [1.807, 2.05) is 80.3 Å². The molecule has 0 saturated carbocycles. The highest BCUT2D eigenvalue weighted by molar-refractivity contribution is 5.89. The van der Waals surface area contributed by atoms with E-state index in [2.05, 4.69) is 16.4 Å². The van der Waals surface area contributed by atoms with Gasteiger partial charge in [-0.25, -0.2) is 0 Å². The summed E-state index contributed by atoms with van der Waals surface area (Å²) in [5.74, 6) is -0.506. The van der Waals surface area contributed by atoms with Crippen LogP contribution in [0.3, 0.4) is 0 Å². The summed E-state index contributed by atoms with van der Waals surface area (Å²) in [4.78, 5) is 40.5. The highest BCUT2D eigenvalue weighted by atomic mass is 35.5. The first-order chi connectivity index (χ1) is 16.7. The maximum atomic E-state index is 13.0. The summed E-state index contributed by atoms with van der Waals surface area (Å²) in [5.41, 5.74) is 7.35. The molecule has 0 bridgehead atoms. The minimum atomic E-state index is -0.595. The molecular weight excluding hydrogens is 476 g/mol. The number of nitrogens with one attached hydrogen (secondary N) is 2. The van der Waals surface area contributed by atoms with Gasteiger partial charge in [-0.05, 0) is 36.8 Å². The Bertz CT molecular complexity index is 990. The normalized spacial score (nSPS) is 15.5. The predicted molar refractivity (Wildman–Crippen MR) is 136 cm³/mol. The van der Waals surface area contributed by atoms with Crippen molar-refractivity contribution in [3.8, 4) is 0 Å². The zero-order valence-corrected chi connectivity index (χ0v) is 22.3. The van der Waals surface area contributed by atoms with Gasteiger partial charge >= 0.3 is 0 Å². The number of rotatable bonds is 9. The molecule has 2 aromatic carbocycles. The lowest BCUT2D eigenvalue weighted by Crippen LogP contribution is -3.00. The summed E-state index contributed by atoms with van der Waals surface area (Å²) in [6.45, 7) is 7.37. The minimum absolute atomic E-state index is 0. The fourth-order valence-electron chi connectivity index (χ4n) is 4.42. The topological polar surface area (TPSA) is 106 Å². The van der Waals surface area contributed by atoms with Crippen molar-refractivity contribution in [3.63, 3.8) is 0 Å². The van der Waals surface area contributed by atoms with Gasteiger partial charge in [-0.15, -0.1) is 0 Å². The molecule has 8 heteroatoms. The molecule has 1 aliphatic heterocycles. The number of carbonyl (C=O) groups excluding carboxylic acids is 3. The number of amides is 3. The number of nitrogens with zero attached hydrogens (tertiary/aromatic N) is 1. The molecule has 1 heterocycles. The summed E-state index contributed by atoms with van der Waals surface area (Å²) >= 11 is 0. The SMILES string of the molecule is Cc1ccc(CNC(=O)[C@@H](NC(=O)C2CCN(C(=O)[C@@H]([NH3+])Cc3ccccc3)CC2)C(C)C)cc1.[Cl-]. The van der Waals surface area contributed by atoms with Crippen molar-refractivity contribution in [1.29, 1.82) is 0 Å². The highest BCUT2D eigenvalue weighted by Gasteiger charge is 2.33. The standard InChI is InChI=1S/C28H38N4O3.ClH/c1-19(2)25(27(34)30-18-22-11-9-20(3)10-12-22)31-26(33)23-13-15-32(16-14-23)28(35)24(29)17-21-7-5-4-6-8-21;/h4-12,19,23-25H,13-18,29H2,1-3H3,(H,30,34)(H,31,33);1H/t24-,25-;/m0./s1. The van der Waals surface area contributed by atoms with E-state index in [1.165, 1.54) is 5.56 Å². The molecular formula is C28H39ClN4O3. The molecule has 0 spiro atoms. The number of quaternary nitrogens is 1. The average molecular weight is 515 g/mol. The van der Waals surface area contributed by atoms with E-state index in [9.17, 15) is 14.4 Å². The number of aryl methyl sites for hydroxylation is 1. The molecule has 3 amide bonds. The Morgan fingerprint density at radius 3 is 2.17 bits per heavy atom. The summed E-state index contributed by atoms with van der Waals surface area (Å²) in [5, 5.41) is 5.91. The second kappa shape index (κ2) is 14.0. The molecule has 3 rings (SSSR count). The Kier molecular flexibility index (Phi) is 11.4. The second-order valence-corrected chi connectivity index (χ2v) is 9.92. The summed E-state index contributed by atoms with van der Waals surface area (Å²) in [6, 6.07) is 17.0. The monoisotopic (exact) mass is 514 g/mol. The lowest BCUT2D eigenvalue weighted by Gasteiger charge is -2.33. The van der Waals surface area contributed by atoms with Crippen LogP contribution in [0.2, 0.25) is 0 Å². The third-order valence-electron chi connectivity index (χ3n) is 6.69. The molecule has 36 heavy (non-hydrogen) atoms. The van der Waals surface area contributed by atoms with Gasteiger partial charge < -0.3 is 33.7 Å². The van der Waals surface area contributed by atoms with Crippen LogP contribution in [-0.4, -0.2) is 47.8 Å². The molecule has 1 aliphatic rings. The molecule has 5 N–H and O–H groups in total. The molecule has 0 unspecified atom stereocenters. The van der Waals surface area contributed by atoms with Crippen LogP contribution in [-0.2, 0) is 27.3 Å². The number of hydrogen-bond donors (Lipinski definition) is 3. The lowest BCUT2D eigenvalue weighted by molar-refractivity contribution is -0.405. The van der Waals surface area contributed by atoms with Crippen molar-refractivity contribution in [2.24, 2.45) is 11.8 Å². The number of carbonyl (C=O) groups is 3. The number of halogens is 1. The number of benzene rings is 2. The van der Waals surface area contributed by atoms with Crippen molar-refractivity contribution in [2.75, 3.05) is 13.1 Å². The quantitative estimate of drug-likeness (QED) is 0.393. The van der Waals surface area contributed by atoms with Gasteiger partial charge in [-0.2, -0.15) is 0 Å². The molecule has 2 atom stereocenters. The molecule has 0 aromatic heterocycles. The summed E-state index contributed by atoms with van der Waals surface area (Å²) < 4.78 is 0. The van der Waals surface area contributed by atoms with E-state index in [1.54, 1.807) is 0 Å². The van der Waals surface area contributed by atoms with Gasteiger partial charge in [0.25, 0.3) is 5.91 Å². The van der Waals surface area contributed by atoms with Crippen LogP contribution in [0.15, 0.2) is 54.6 Å². The molecule has 1 saturated heterocycles. The average Bonchev–Trinajstić information content (AvgIpc) is 2.86. The Labute approximate surface area is 220 Å². The van der Waals surface area contributed by atoms with Crippen LogP contribution in [0.5, 0.6) is 0 Å². The van der Waals surface area contributed by atoms with Gasteiger partial charge in [0.1, 0.15) is 6.04 Å². The second-order valence-electron chi connectivity index (χ2n) is 9.92. The third-order valence-corrected chi connectivity index (χ3v) is 6.69. The zero-order chi connectivity index (χ0) is 25.4. The number of hydrogen-bond acceptors (Lipinski definition) is 3. The van der Waals surface area contributed by atoms with Crippen molar-refractivity contribution >= 4 is 17.7 Å². The third kappa shape index (κ3) is 8.35. The van der Waals surface area contributed by atoms with Crippen LogP contribution < -0.4 is 28.8 Å². The van der Waals surface area contributed by atoms with Crippen LogP contribution in [0.25, 0.3) is 0 Å². The van der Waals surface area contributed by atoms with Crippen LogP contribution in [0, 0.1) is 18.8 Å². The van der Waals surface area contributed by atoms with Gasteiger partial charge in [-0.3, -0.25) is 14.4 Å². The van der Waals surface area contributed by atoms with Crippen molar-refractivity contribution in [3.05, 3.63) is 71.3 Å². The van der Waals surface area contributed by atoms with Gasteiger partial charge in [0.15, 0.2) is 6.04 Å². The van der Waals surface area contributed by atoms with Gasteiger partial charge in [0, 0.05) is 32.0 Å². The number of likely N-dealkylation sites (tertiary alicyclic amines) is 1. The molecule has 7 nitrogen and oxygen atoms in total. The largest absolute Gasteiger partial charge is 1.00 e. The lowest BCUT2D eigenvalue weighted by atomic mass is 9.93. The van der Waals surface area contributed by atoms with Crippen LogP contribution in [0.4, 0.5) is 0 Å². The van der Waals surface area contributed by atoms with Gasteiger partial charge in [0.2, 0.25) is 11.8 Å². The van der Waals surface area contributed by atoms with Gasteiger partial charge in [-0.1, -0.05) is 74.0 Å². The number of piperidine rings is 1. The maximum Gasteiger partial charge on any atom is 0.281 e. The summed E-state index contributed by atoms with van der Waals surface area (Å²) in [6.07, 6.45) is 1.78. The van der Waals surface area contributed by atoms with Crippen LogP contribution in [0.1, 0.15) is 43.4 Å². The van der Waals surface area contributed by atoms with Crippen molar-refractivity contribution < 1.29 is 32.5 Å². The van der Waals surface area contributed by atoms with Gasteiger partial charge in [0.05, 0.1) is 0 Å². The predicted octanol–water partition coefficient (Wildman–Crippen LogP) is -1.15. The maximum absolute atomic E-state index is 13.0. The fourth-order valence-corrected chi connectivity index (χ4v) is 4.42. The fraction of sp³-hybridized carbons (Fsp3) is 0.464.